The van der Waals surface area contributed by atoms with Gasteiger partial charge >= 0.3 is 0 Å². The van der Waals surface area contributed by atoms with Crippen LogP contribution in [0.3, 0.4) is 0 Å². The van der Waals surface area contributed by atoms with E-state index in [1.165, 1.54) is 11.8 Å². The number of rotatable bonds is 9. The molecule has 0 spiro atoms. The first-order valence-electron chi connectivity index (χ1n) is 12.3. The second-order valence-electron chi connectivity index (χ2n) is 8.75. The Bertz CT molecular complexity index is 1470. The third-order valence-corrected chi connectivity index (χ3v) is 7.37. The van der Waals surface area contributed by atoms with E-state index in [9.17, 15) is 9.59 Å². The number of fused-ring (bicyclic) bond motifs is 1. The topological polar surface area (TPSA) is 86.3 Å². The summed E-state index contributed by atoms with van der Waals surface area (Å²) >= 11 is 6.75. The highest BCUT2D eigenvalue weighted by molar-refractivity contribution is 8.26. The Morgan fingerprint density at radius 1 is 1.08 bits per heavy atom. The second-order valence-corrected chi connectivity index (χ2v) is 10.4. The highest BCUT2D eigenvalue weighted by atomic mass is 32.2. The lowest BCUT2D eigenvalue weighted by molar-refractivity contribution is -0.122. The summed E-state index contributed by atoms with van der Waals surface area (Å²) < 4.78 is 22.8. The van der Waals surface area contributed by atoms with Gasteiger partial charge in [0.25, 0.3) is 11.8 Å². The number of anilines is 1. The Morgan fingerprint density at radius 2 is 1.90 bits per heavy atom. The van der Waals surface area contributed by atoms with Crippen LogP contribution in [-0.4, -0.2) is 41.0 Å². The smallest absolute Gasteiger partial charge is 0.266 e. The highest BCUT2D eigenvalue weighted by Crippen LogP contribution is 2.37. The number of carbonyl (C=O) groups is 2. The van der Waals surface area contributed by atoms with Crippen molar-refractivity contribution in [2.75, 3.05) is 25.3 Å². The zero-order valence-corrected chi connectivity index (χ0v) is 23.0. The summed E-state index contributed by atoms with van der Waals surface area (Å²) in [6, 6.07) is 18.4. The number of nitrogens with one attached hydrogen (secondary N) is 1. The third-order valence-electron chi connectivity index (χ3n) is 5.99. The molecular weight excluding hydrogens is 536 g/mol. The summed E-state index contributed by atoms with van der Waals surface area (Å²) in [7, 11) is 0. The van der Waals surface area contributed by atoms with Crippen LogP contribution in [-0.2, 0) is 16.1 Å². The number of nitrogens with zero attached hydrogens (tertiary/aromatic N) is 1. The van der Waals surface area contributed by atoms with E-state index in [0.717, 1.165) is 22.4 Å². The van der Waals surface area contributed by atoms with Crippen molar-refractivity contribution in [3.05, 3.63) is 82.3 Å². The molecule has 0 saturated carbocycles. The standard InChI is InChI=1S/C29H26N2O6S2/c1-3-34-24-12-19(8-10-22(24)35-16-27(32)30-21-7-5-4-6-18(21)2)14-26-28(33)31(29(38)39-26)15-20-9-11-23-25(13-20)37-17-36-23/h4-14H,3,15-17H2,1-2H3,(H,30,32)/b26-14-. The van der Waals surface area contributed by atoms with Gasteiger partial charge in [-0.1, -0.05) is 54.3 Å². The van der Waals surface area contributed by atoms with Gasteiger partial charge in [-0.3, -0.25) is 14.5 Å². The average molecular weight is 563 g/mol. The van der Waals surface area contributed by atoms with Crippen molar-refractivity contribution in [3.8, 4) is 23.0 Å². The van der Waals surface area contributed by atoms with Gasteiger partial charge in [-0.05, 0) is 66.9 Å². The fourth-order valence-electron chi connectivity index (χ4n) is 4.05. The molecule has 0 unspecified atom stereocenters. The summed E-state index contributed by atoms with van der Waals surface area (Å²) in [5.74, 6) is 1.81. The number of benzene rings is 3. The number of para-hydroxylation sites is 1. The molecule has 1 N–H and O–H groups in total. The van der Waals surface area contributed by atoms with Crippen LogP contribution in [0.25, 0.3) is 6.08 Å². The summed E-state index contributed by atoms with van der Waals surface area (Å²) in [4.78, 5) is 27.7. The maximum absolute atomic E-state index is 13.2. The molecule has 1 fully saturated rings. The molecule has 200 valence electrons. The van der Waals surface area contributed by atoms with Gasteiger partial charge in [0.1, 0.15) is 4.32 Å². The predicted octanol–water partition coefficient (Wildman–Crippen LogP) is 5.54. The Morgan fingerprint density at radius 3 is 2.72 bits per heavy atom. The number of thioether (sulfide) groups is 1. The lowest BCUT2D eigenvalue weighted by Gasteiger charge is -2.15. The van der Waals surface area contributed by atoms with E-state index in [1.54, 1.807) is 23.1 Å². The second kappa shape index (κ2) is 11.8. The Hall–Kier alpha value is -4.02. The number of hydrogen-bond donors (Lipinski definition) is 1. The molecule has 0 atom stereocenters. The van der Waals surface area contributed by atoms with E-state index in [4.69, 9.17) is 31.2 Å². The van der Waals surface area contributed by atoms with Crippen LogP contribution in [0.1, 0.15) is 23.6 Å². The fourth-order valence-corrected chi connectivity index (χ4v) is 5.31. The third kappa shape index (κ3) is 6.18. The molecule has 3 aromatic carbocycles. The van der Waals surface area contributed by atoms with Crippen molar-refractivity contribution >= 4 is 51.9 Å². The zero-order valence-electron chi connectivity index (χ0n) is 21.4. The molecule has 0 aliphatic carbocycles. The van der Waals surface area contributed by atoms with E-state index in [0.29, 0.717) is 45.4 Å². The average Bonchev–Trinajstić information content (AvgIpc) is 3.49. The predicted molar refractivity (Wildman–Crippen MR) is 154 cm³/mol. The first kappa shape index (κ1) is 26.6. The molecule has 1 saturated heterocycles. The first-order chi connectivity index (χ1) is 18.9. The van der Waals surface area contributed by atoms with Gasteiger partial charge in [0.15, 0.2) is 29.6 Å². The summed E-state index contributed by atoms with van der Waals surface area (Å²) in [6.07, 6.45) is 1.77. The lowest BCUT2D eigenvalue weighted by Crippen LogP contribution is -2.27. The van der Waals surface area contributed by atoms with Crippen LogP contribution in [0, 0.1) is 6.92 Å². The van der Waals surface area contributed by atoms with Crippen molar-refractivity contribution in [1.82, 2.24) is 4.90 Å². The number of thiocarbonyl (C=S) groups is 1. The molecule has 2 aliphatic rings. The van der Waals surface area contributed by atoms with Crippen LogP contribution in [0.2, 0.25) is 0 Å². The van der Waals surface area contributed by atoms with Crippen molar-refractivity contribution < 1.29 is 28.5 Å². The van der Waals surface area contributed by atoms with E-state index < -0.39 is 0 Å². The van der Waals surface area contributed by atoms with Crippen LogP contribution in [0.4, 0.5) is 5.69 Å². The maximum atomic E-state index is 13.2. The number of ether oxygens (including phenoxy) is 4. The van der Waals surface area contributed by atoms with Gasteiger partial charge in [-0.15, -0.1) is 0 Å². The first-order valence-corrected chi connectivity index (χ1v) is 13.5. The summed E-state index contributed by atoms with van der Waals surface area (Å²) in [6.45, 7) is 4.55. The molecule has 2 aliphatic heterocycles. The van der Waals surface area contributed by atoms with Gasteiger partial charge in [0, 0.05) is 5.69 Å². The van der Waals surface area contributed by atoms with Crippen LogP contribution < -0.4 is 24.3 Å². The SMILES string of the molecule is CCOc1cc(/C=C2\SC(=S)N(Cc3ccc4c(c3)OCO4)C2=O)ccc1OCC(=O)Nc1ccccc1C. The molecule has 2 amide bonds. The van der Waals surface area contributed by atoms with Crippen molar-refractivity contribution in [3.63, 3.8) is 0 Å². The summed E-state index contributed by atoms with van der Waals surface area (Å²) in [5, 5.41) is 2.85. The van der Waals surface area contributed by atoms with Crippen LogP contribution in [0.5, 0.6) is 23.0 Å². The zero-order chi connectivity index (χ0) is 27.4. The highest BCUT2D eigenvalue weighted by Gasteiger charge is 2.32. The number of hydrogen-bond acceptors (Lipinski definition) is 8. The number of amides is 2. The van der Waals surface area contributed by atoms with Crippen molar-refractivity contribution in [1.29, 1.82) is 0 Å². The van der Waals surface area contributed by atoms with Gasteiger partial charge in [-0.25, -0.2) is 0 Å². The van der Waals surface area contributed by atoms with Crippen molar-refractivity contribution in [2.45, 2.75) is 20.4 Å². The largest absolute Gasteiger partial charge is 0.490 e. The molecule has 0 bridgehead atoms. The minimum absolute atomic E-state index is 0.172. The van der Waals surface area contributed by atoms with E-state index in [2.05, 4.69) is 5.32 Å². The van der Waals surface area contributed by atoms with Crippen molar-refractivity contribution in [2.24, 2.45) is 0 Å². The molecule has 39 heavy (non-hydrogen) atoms. The number of aryl methyl sites for hydroxylation is 1. The van der Waals surface area contributed by atoms with Gasteiger partial charge < -0.3 is 24.3 Å². The minimum Gasteiger partial charge on any atom is -0.490 e. The summed E-state index contributed by atoms with van der Waals surface area (Å²) in [5.41, 5.74) is 3.34. The minimum atomic E-state index is -0.276. The van der Waals surface area contributed by atoms with Gasteiger partial charge in [0.2, 0.25) is 6.79 Å². The van der Waals surface area contributed by atoms with E-state index in [-0.39, 0.29) is 25.2 Å². The molecule has 8 nitrogen and oxygen atoms in total. The quantitative estimate of drug-likeness (QED) is 0.269. The van der Waals surface area contributed by atoms with E-state index in [1.807, 2.05) is 62.4 Å². The molecule has 0 radical (unpaired) electrons. The molecule has 5 rings (SSSR count). The van der Waals surface area contributed by atoms with Crippen LogP contribution in [0.15, 0.2) is 65.6 Å². The molecule has 0 aromatic heterocycles. The molecule has 3 aromatic rings. The van der Waals surface area contributed by atoms with Crippen LogP contribution >= 0.6 is 24.0 Å². The fraction of sp³-hybridized carbons (Fsp3) is 0.207. The monoisotopic (exact) mass is 562 g/mol. The Balaban J connectivity index is 1.26. The number of carbonyl (C=O) groups excluding carboxylic acids is 2. The van der Waals surface area contributed by atoms with Gasteiger partial charge in [-0.2, -0.15) is 0 Å². The maximum Gasteiger partial charge on any atom is 0.266 e. The lowest BCUT2D eigenvalue weighted by atomic mass is 10.1. The normalized spacial score (nSPS) is 15.1. The molecular formula is C29H26N2O6S2. The molecule has 2 heterocycles. The Kier molecular flexibility index (Phi) is 8.04. The molecule has 10 heteroatoms. The van der Waals surface area contributed by atoms with Gasteiger partial charge in [0.05, 0.1) is 18.1 Å². The Labute approximate surface area is 235 Å². The van der Waals surface area contributed by atoms with E-state index >= 15 is 0 Å².